The summed E-state index contributed by atoms with van der Waals surface area (Å²) in [5, 5.41) is 5.77. The monoisotopic (exact) mass is 307 g/mol. The molecule has 1 heterocycles. The number of benzene rings is 1. The highest BCUT2D eigenvalue weighted by molar-refractivity contribution is 9.10. The summed E-state index contributed by atoms with van der Waals surface area (Å²) >= 11 is 3.61. The third kappa shape index (κ3) is 3.00. The van der Waals surface area contributed by atoms with Crippen LogP contribution in [0, 0.1) is 6.92 Å². The molecule has 0 amide bonds. The van der Waals surface area contributed by atoms with Crippen molar-refractivity contribution < 1.29 is 0 Å². The van der Waals surface area contributed by atoms with Crippen LogP contribution in [0.5, 0.6) is 0 Å². The summed E-state index contributed by atoms with van der Waals surface area (Å²) < 4.78 is 1.12. The van der Waals surface area contributed by atoms with Crippen LogP contribution >= 0.6 is 15.9 Å². The molecule has 0 atom stereocenters. The Morgan fingerprint density at radius 1 is 1.28 bits per heavy atom. The molecule has 0 unspecified atom stereocenters. The van der Waals surface area contributed by atoms with Gasteiger partial charge in [0, 0.05) is 34.5 Å². The number of nitrogens with one attached hydrogen (secondary N) is 1. The van der Waals surface area contributed by atoms with Crippen LogP contribution in [-0.4, -0.2) is 37.1 Å². The van der Waals surface area contributed by atoms with E-state index in [9.17, 15) is 0 Å². The average Bonchev–Trinajstić information content (AvgIpc) is 2.29. The van der Waals surface area contributed by atoms with Gasteiger partial charge in [-0.3, -0.25) is 0 Å². The van der Waals surface area contributed by atoms with Crippen molar-refractivity contribution in [1.82, 2.24) is 9.88 Å². The van der Waals surface area contributed by atoms with Crippen molar-refractivity contribution in [2.45, 2.75) is 6.92 Å². The van der Waals surface area contributed by atoms with E-state index in [-0.39, 0.29) is 0 Å². The van der Waals surface area contributed by atoms with E-state index in [2.05, 4.69) is 64.3 Å². The van der Waals surface area contributed by atoms with Gasteiger partial charge >= 0.3 is 0 Å². The quantitative estimate of drug-likeness (QED) is 0.939. The van der Waals surface area contributed by atoms with Crippen molar-refractivity contribution in [3.8, 4) is 0 Å². The Balaban J connectivity index is 2.33. The summed E-state index contributed by atoms with van der Waals surface area (Å²) in [4.78, 5) is 6.59. The molecule has 1 N–H and O–H groups in total. The van der Waals surface area contributed by atoms with Gasteiger partial charge in [-0.15, -0.1) is 0 Å². The lowest BCUT2D eigenvalue weighted by Crippen LogP contribution is -2.21. The van der Waals surface area contributed by atoms with Gasteiger partial charge in [0.05, 0.1) is 0 Å². The van der Waals surface area contributed by atoms with E-state index >= 15 is 0 Å². The second-order valence-corrected chi connectivity index (χ2v) is 5.59. The highest BCUT2D eigenvalue weighted by Crippen LogP contribution is 2.29. The van der Waals surface area contributed by atoms with Crippen LogP contribution in [0.4, 0.5) is 5.82 Å². The van der Waals surface area contributed by atoms with Crippen LogP contribution in [0.3, 0.4) is 0 Å². The zero-order valence-electron chi connectivity index (χ0n) is 11.0. The second-order valence-electron chi connectivity index (χ2n) is 4.73. The summed E-state index contributed by atoms with van der Waals surface area (Å²) in [7, 11) is 4.14. The standard InChI is InChI=1S/C14H18BrN3/c1-10-8-12-11(13(15)9-10)4-5-16-14(12)17-6-7-18(2)3/h4-5,8-9H,6-7H2,1-3H3,(H,16,17). The van der Waals surface area contributed by atoms with Crippen molar-refractivity contribution in [2.24, 2.45) is 0 Å². The van der Waals surface area contributed by atoms with Gasteiger partial charge in [-0.2, -0.15) is 0 Å². The third-order valence-electron chi connectivity index (χ3n) is 2.83. The molecule has 0 aliphatic carbocycles. The van der Waals surface area contributed by atoms with Crippen molar-refractivity contribution in [1.29, 1.82) is 0 Å². The minimum Gasteiger partial charge on any atom is -0.368 e. The Morgan fingerprint density at radius 3 is 2.78 bits per heavy atom. The smallest absolute Gasteiger partial charge is 0.133 e. The maximum atomic E-state index is 4.44. The number of hydrogen-bond acceptors (Lipinski definition) is 3. The number of anilines is 1. The molecule has 4 heteroatoms. The normalized spacial score (nSPS) is 11.2. The molecule has 0 aliphatic rings. The minimum absolute atomic E-state index is 0.894. The van der Waals surface area contributed by atoms with Gasteiger partial charge in [0.25, 0.3) is 0 Å². The summed E-state index contributed by atoms with van der Waals surface area (Å²) in [5.74, 6) is 0.957. The van der Waals surface area contributed by atoms with Crippen molar-refractivity contribution in [3.05, 3.63) is 34.4 Å². The highest BCUT2D eigenvalue weighted by atomic mass is 79.9. The van der Waals surface area contributed by atoms with Gasteiger partial charge in [0.1, 0.15) is 5.82 Å². The number of halogens is 1. The number of rotatable bonds is 4. The summed E-state index contributed by atoms with van der Waals surface area (Å²) in [5.41, 5.74) is 1.23. The first kappa shape index (κ1) is 13.3. The van der Waals surface area contributed by atoms with E-state index in [4.69, 9.17) is 0 Å². The second kappa shape index (κ2) is 5.67. The predicted molar refractivity (Wildman–Crippen MR) is 81.2 cm³/mol. The Bertz CT molecular complexity index is 552. The minimum atomic E-state index is 0.894. The fraction of sp³-hybridized carbons (Fsp3) is 0.357. The van der Waals surface area contributed by atoms with E-state index in [1.807, 2.05) is 12.3 Å². The molecular weight excluding hydrogens is 290 g/mol. The zero-order chi connectivity index (χ0) is 13.1. The first-order valence-electron chi connectivity index (χ1n) is 6.01. The molecule has 1 aromatic carbocycles. The van der Waals surface area contributed by atoms with E-state index in [0.29, 0.717) is 0 Å². The maximum Gasteiger partial charge on any atom is 0.133 e. The van der Waals surface area contributed by atoms with Crippen molar-refractivity contribution >= 4 is 32.5 Å². The predicted octanol–water partition coefficient (Wildman–Crippen LogP) is 3.28. The fourth-order valence-corrected chi connectivity index (χ4v) is 2.62. The molecule has 0 radical (unpaired) electrons. The zero-order valence-corrected chi connectivity index (χ0v) is 12.6. The molecule has 0 aliphatic heterocycles. The number of aromatic nitrogens is 1. The largest absolute Gasteiger partial charge is 0.368 e. The molecular formula is C14H18BrN3. The first-order chi connectivity index (χ1) is 8.58. The number of likely N-dealkylation sites (N-methyl/N-ethyl adjacent to an activating group) is 1. The number of pyridine rings is 1. The fourth-order valence-electron chi connectivity index (χ4n) is 1.91. The molecule has 0 saturated heterocycles. The molecule has 3 nitrogen and oxygen atoms in total. The van der Waals surface area contributed by atoms with Crippen LogP contribution in [0.25, 0.3) is 10.8 Å². The Morgan fingerprint density at radius 2 is 2.06 bits per heavy atom. The topological polar surface area (TPSA) is 28.2 Å². The Labute approximate surface area is 116 Å². The van der Waals surface area contributed by atoms with Gasteiger partial charge in [-0.25, -0.2) is 4.98 Å². The number of fused-ring (bicyclic) bond motifs is 1. The molecule has 1 aromatic heterocycles. The highest BCUT2D eigenvalue weighted by Gasteiger charge is 2.05. The molecule has 0 fully saturated rings. The molecule has 18 heavy (non-hydrogen) atoms. The summed E-state index contributed by atoms with van der Waals surface area (Å²) in [6.45, 7) is 3.98. The molecule has 2 rings (SSSR count). The molecule has 0 saturated carbocycles. The molecule has 96 valence electrons. The summed E-state index contributed by atoms with van der Waals surface area (Å²) in [6.07, 6.45) is 1.85. The lowest BCUT2D eigenvalue weighted by molar-refractivity contribution is 0.425. The Hall–Kier alpha value is -1.13. The van der Waals surface area contributed by atoms with Crippen molar-refractivity contribution in [2.75, 3.05) is 32.5 Å². The van der Waals surface area contributed by atoms with E-state index < -0.39 is 0 Å². The van der Waals surface area contributed by atoms with Gasteiger partial charge in [0.2, 0.25) is 0 Å². The van der Waals surface area contributed by atoms with E-state index in [0.717, 1.165) is 23.4 Å². The number of aryl methyl sites for hydroxylation is 1. The molecule has 0 bridgehead atoms. The van der Waals surface area contributed by atoms with Crippen molar-refractivity contribution in [3.63, 3.8) is 0 Å². The van der Waals surface area contributed by atoms with Crippen LogP contribution < -0.4 is 5.32 Å². The van der Waals surface area contributed by atoms with Gasteiger partial charge in [0.15, 0.2) is 0 Å². The molecule has 0 spiro atoms. The van der Waals surface area contributed by atoms with Crippen LogP contribution in [0.15, 0.2) is 28.9 Å². The third-order valence-corrected chi connectivity index (χ3v) is 3.48. The lowest BCUT2D eigenvalue weighted by atomic mass is 10.1. The van der Waals surface area contributed by atoms with Gasteiger partial charge < -0.3 is 10.2 Å². The van der Waals surface area contributed by atoms with Gasteiger partial charge in [-0.1, -0.05) is 15.9 Å². The van der Waals surface area contributed by atoms with Gasteiger partial charge in [-0.05, 0) is 44.8 Å². The maximum absolute atomic E-state index is 4.44. The van der Waals surface area contributed by atoms with E-state index in [1.165, 1.54) is 16.3 Å². The van der Waals surface area contributed by atoms with Crippen LogP contribution in [0.1, 0.15) is 5.56 Å². The first-order valence-corrected chi connectivity index (χ1v) is 6.80. The Kier molecular flexibility index (Phi) is 4.19. The van der Waals surface area contributed by atoms with E-state index in [1.54, 1.807) is 0 Å². The lowest BCUT2D eigenvalue weighted by Gasteiger charge is -2.13. The number of hydrogen-bond donors (Lipinski definition) is 1. The summed E-state index contributed by atoms with van der Waals surface area (Å²) in [6, 6.07) is 6.34. The average molecular weight is 308 g/mol. The number of nitrogens with zero attached hydrogens (tertiary/aromatic N) is 2. The van der Waals surface area contributed by atoms with Crippen LogP contribution in [-0.2, 0) is 0 Å². The molecule has 2 aromatic rings. The van der Waals surface area contributed by atoms with Crippen LogP contribution in [0.2, 0.25) is 0 Å². The SMILES string of the molecule is Cc1cc(Br)c2ccnc(NCCN(C)C)c2c1.